The maximum atomic E-state index is 11.3. The van der Waals surface area contributed by atoms with Gasteiger partial charge in [-0.25, -0.2) is 0 Å². The number of carbonyl (C=O) groups excluding carboxylic acids is 1. The molecular formula is C14H11ClNaO. The summed E-state index contributed by atoms with van der Waals surface area (Å²) in [6, 6.07) is 15.3. The standard InChI is InChI=1S/C14H11ClO.Na/c1-10-6-2-3-7-11(10)12-8-4-5-9-13(12)14(15)16;/h2-9H,1H3;. The summed E-state index contributed by atoms with van der Waals surface area (Å²) in [7, 11) is 0. The molecule has 2 aromatic carbocycles. The van der Waals surface area contributed by atoms with Gasteiger partial charge in [0, 0.05) is 35.1 Å². The molecule has 0 saturated heterocycles. The van der Waals surface area contributed by atoms with E-state index in [1.54, 1.807) is 6.07 Å². The van der Waals surface area contributed by atoms with E-state index in [-0.39, 0.29) is 29.6 Å². The molecule has 0 fully saturated rings. The fourth-order valence-corrected chi connectivity index (χ4v) is 1.93. The zero-order valence-corrected chi connectivity index (χ0v) is 12.7. The van der Waals surface area contributed by atoms with Gasteiger partial charge in [0.2, 0.25) is 0 Å². The second-order valence-electron chi connectivity index (χ2n) is 3.63. The van der Waals surface area contributed by atoms with Gasteiger partial charge in [0.05, 0.1) is 0 Å². The second-order valence-corrected chi connectivity index (χ2v) is 3.98. The van der Waals surface area contributed by atoms with Gasteiger partial charge in [-0.2, -0.15) is 0 Å². The van der Waals surface area contributed by atoms with E-state index in [1.807, 2.05) is 49.4 Å². The molecule has 0 atom stereocenters. The summed E-state index contributed by atoms with van der Waals surface area (Å²) in [6.07, 6.45) is 0. The van der Waals surface area contributed by atoms with E-state index in [0.717, 1.165) is 16.7 Å². The first-order valence-electron chi connectivity index (χ1n) is 5.05. The molecule has 0 bridgehead atoms. The molecule has 0 N–H and O–H groups in total. The van der Waals surface area contributed by atoms with Crippen LogP contribution in [0.15, 0.2) is 48.5 Å². The molecule has 81 valence electrons. The molecule has 0 aliphatic heterocycles. The molecular weight excluding hydrogens is 243 g/mol. The maximum absolute atomic E-state index is 11.3. The molecule has 0 aliphatic rings. The quantitative estimate of drug-likeness (QED) is 0.590. The third-order valence-corrected chi connectivity index (χ3v) is 2.78. The predicted octanol–water partition coefficient (Wildman–Crippen LogP) is 3.66. The molecule has 2 aromatic rings. The van der Waals surface area contributed by atoms with Gasteiger partial charge < -0.3 is 0 Å². The van der Waals surface area contributed by atoms with Crippen LogP contribution in [0.3, 0.4) is 0 Å². The van der Waals surface area contributed by atoms with Gasteiger partial charge in [0.1, 0.15) is 0 Å². The van der Waals surface area contributed by atoms with Crippen LogP contribution in [0.1, 0.15) is 15.9 Å². The Balaban J connectivity index is 0.00000144. The van der Waals surface area contributed by atoms with Crippen LogP contribution in [-0.4, -0.2) is 34.8 Å². The Hall–Kier alpha value is -0.600. The van der Waals surface area contributed by atoms with Crippen LogP contribution in [0.4, 0.5) is 0 Å². The topological polar surface area (TPSA) is 17.1 Å². The number of rotatable bonds is 2. The van der Waals surface area contributed by atoms with Crippen LogP contribution >= 0.6 is 11.6 Å². The Kier molecular flexibility index (Phi) is 5.41. The fraction of sp³-hybridized carbons (Fsp3) is 0.0714. The van der Waals surface area contributed by atoms with E-state index >= 15 is 0 Å². The fourth-order valence-electron chi connectivity index (χ4n) is 1.76. The number of benzene rings is 2. The summed E-state index contributed by atoms with van der Waals surface area (Å²) in [5, 5.41) is -0.418. The number of aryl methyl sites for hydroxylation is 1. The van der Waals surface area contributed by atoms with Gasteiger partial charge in [-0.05, 0) is 41.3 Å². The van der Waals surface area contributed by atoms with Crippen molar-refractivity contribution in [3.05, 3.63) is 59.7 Å². The number of carbonyl (C=O) groups is 1. The minimum absolute atomic E-state index is 0. The van der Waals surface area contributed by atoms with Gasteiger partial charge >= 0.3 is 0 Å². The van der Waals surface area contributed by atoms with Crippen molar-refractivity contribution in [2.24, 2.45) is 0 Å². The summed E-state index contributed by atoms with van der Waals surface area (Å²) >= 11 is 5.57. The van der Waals surface area contributed by atoms with Gasteiger partial charge in [-0.3, -0.25) is 4.79 Å². The molecule has 2 rings (SSSR count). The summed E-state index contributed by atoms with van der Waals surface area (Å²) in [4.78, 5) is 11.3. The van der Waals surface area contributed by atoms with E-state index in [4.69, 9.17) is 11.6 Å². The Labute approximate surface area is 128 Å². The Morgan fingerprint density at radius 1 is 0.941 bits per heavy atom. The zero-order valence-electron chi connectivity index (χ0n) is 9.91. The van der Waals surface area contributed by atoms with Gasteiger partial charge in [-0.15, -0.1) is 0 Å². The van der Waals surface area contributed by atoms with Crippen LogP contribution in [-0.2, 0) is 0 Å². The minimum Gasteiger partial charge on any atom is -0.276 e. The van der Waals surface area contributed by atoms with Crippen molar-refractivity contribution in [3.63, 3.8) is 0 Å². The van der Waals surface area contributed by atoms with E-state index in [9.17, 15) is 4.79 Å². The molecule has 1 nitrogen and oxygen atoms in total. The van der Waals surface area contributed by atoms with Crippen molar-refractivity contribution in [3.8, 4) is 11.1 Å². The molecule has 0 amide bonds. The first kappa shape index (κ1) is 14.5. The van der Waals surface area contributed by atoms with Crippen molar-refractivity contribution in [1.82, 2.24) is 0 Å². The first-order valence-corrected chi connectivity index (χ1v) is 5.43. The van der Waals surface area contributed by atoms with Crippen molar-refractivity contribution in [2.75, 3.05) is 0 Å². The van der Waals surface area contributed by atoms with Gasteiger partial charge in [0.25, 0.3) is 5.24 Å². The van der Waals surface area contributed by atoms with Crippen molar-refractivity contribution in [1.29, 1.82) is 0 Å². The summed E-state index contributed by atoms with van der Waals surface area (Å²) in [5.74, 6) is 0. The Morgan fingerprint density at radius 3 is 2.06 bits per heavy atom. The molecule has 0 aromatic heterocycles. The van der Waals surface area contributed by atoms with Crippen molar-refractivity contribution >= 4 is 46.4 Å². The Bertz CT molecular complexity index is 537. The van der Waals surface area contributed by atoms with Crippen LogP contribution < -0.4 is 0 Å². The van der Waals surface area contributed by atoms with Crippen molar-refractivity contribution < 1.29 is 4.79 Å². The minimum atomic E-state index is -0.418. The molecule has 0 aliphatic carbocycles. The molecule has 0 saturated carbocycles. The van der Waals surface area contributed by atoms with E-state index in [0.29, 0.717) is 5.56 Å². The molecule has 17 heavy (non-hydrogen) atoms. The molecule has 0 spiro atoms. The van der Waals surface area contributed by atoms with Crippen LogP contribution in [0.2, 0.25) is 0 Å². The third kappa shape index (κ3) is 3.20. The van der Waals surface area contributed by atoms with Crippen LogP contribution in [0, 0.1) is 6.92 Å². The molecule has 0 unspecified atom stereocenters. The second kappa shape index (κ2) is 6.36. The largest absolute Gasteiger partial charge is 0.276 e. The first-order chi connectivity index (χ1) is 7.70. The summed E-state index contributed by atoms with van der Waals surface area (Å²) < 4.78 is 0. The Morgan fingerprint density at radius 2 is 1.47 bits per heavy atom. The third-order valence-electron chi connectivity index (χ3n) is 2.57. The molecule has 3 heteroatoms. The zero-order chi connectivity index (χ0) is 11.5. The maximum Gasteiger partial charge on any atom is 0.253 e. The number of halogens is 1. The monoisotopic (exact) mass is 253 g/mol. The number of hydrogen-bond donors (Lipinski definition) is 0. The predicted molar refractivity (Wildman–Crippen MR) is 72.6 cm³/mol. The van der Waals surface area contributed by atoms with Crippen LogP contribution in [0.5, 0.6) is 0 Å². The van der Waals surface area contributed by atoms with E-state index in [1.165, 1.54) is 0 Å². The smallest absolute Gasteiger partial charge is 0.253 e. The van der Waals surface area contributed by atoms with Gasteiger partial charge in [0.15, 0.2) is 0 Å². The van der Waals surface area contributed by atoms with Gasteiger partial charge in [-0.1, -0.05) is 42.5 Å². The molecule has 1 radical (unpaired) electrons. The summed E-state index contributed by atoms with van der Waals surface area (Å²) in [5.41, 5.74) is 3.62. The van der Waals surface area contributed by atoms with Crippen LogP contribution in [0.25, 0.3) is 11.1 Å². The normalized spacial score (nSPS) is 9.53. The average molecular weight is 254 g/mol. The number of hydrogen-bond acceptors (Lipinski definition) is 1. The molecule has 0 heterocycles. The van der Waals surface area contributed by atoms with E-state index < -0.39 is 5.24 Å². The van der Waals surface area contributed by atoms with Crippen molar-refractivity contribution in [2.45, 2.75) is 6.92 Å². The average Bonchev–Trinajstić information content (AvgIpc) is 2.29. The van der Waals surface area contributed by atoms with E-state index in [2.05, 4.69) is 0 Å². The SMILES string of the molecule is Cc1ccccc1-c1ccccc1C(=O)Cl.[Na]. The summed E-state index contributed by atoms with van der Waals surface area (Å²) in [6.45, 7) is 2.02.